The van der Waals surface area contributed by atoms with Gasteiger partial charge in [0.1, 0.15) is 5.82 Å². The summed E-state index contributed by atoms with van der Waals surface area (Å²) in [4.78, 5) is 8.86. The smallest absolute Gasteiger partial charge is 0.224 e. The summed E-state index contributed by atoms with van der Waals surface area (Å²) in [6.45, 7) is 7.15. The highest BCUT2D eigenvalue weighted by molar-refractivity contribution is 9.10. The zero-order valence-corrected chi connectivity index (χ0v) is 14.3. The standard InChI is InChI=1S/C16H21BrN4/c1-4-8-18-16-19-10-11(3)15(21-16)20-14-7-6-13(17)9-12(14)5-2/h6-7,9-10H,4-5,8H2,1-3H3,(H2,18,19,20,21). The topological polar surface area (TPSA) is 49.8 Å². The van der Waals surface area contributed by atoms with Gasteiger partial charge in [0.15, 0.2) is 0 Å². The quantitative estimate of drug-likeness (QED) is 0.795. The summed E-state index contributed by atoms with van der Waals surface area (Å²) in [7, 11) is 0. The van der Waals surface area contributed by atoms with E-state index in [2.05, 4.69) is 62.5 Å². The molecule has 0 bridgehead atoms. The zero-order valence-electron chi connectivity index (χ0n) is 12.7. The van der Waals surface area contributed by atoms with E-state index in [1.54, 1.807) is 0 Å². The Morgan fingerprint density at radius 2 is 2.05 bits per heavy atom. The van der Waals surface area contributed by atoms with Crippen LogP contribution in [0.4, 0.5) is 17.5 Å². The van der Waals surface area contributed by atoms with Crippen molar-refractivity contribution < 1.29 is 0 Å². The fourth-order valence-electron chi connectivity index (χ4n) is 1.99. The fourth-order valence-corrected chi connectivity index (χ4v) is 2.40. The number of nitrogens with zero attached hydrogens (tertiary/aromatic N) is 2. The van der Waals surface area contributed by atoms with E-state index in [4.69, 9.17) is 0 Å². The lowest BCUT2D eigenvalue weighted by molar-refractivity contribution is 0.950. The molecule has 2 N–H and O–H groups in total. The predicted molar refractivity (Wildman–Crippen MR) is 92.4 cm³/mol. The van der Waals surface area contributed by atoms with Crippen LogP contribution in [0.2, 0.25) is 0 Å². The highest BCUT2D eigenvalue weighted by atomic mass is 79.9. The van der Waals surface area contributed by atoms with E-state index >= 15 is 0 Å². The van der Waals surface area contributed by atoms with Crippen molar-refractivity contribution in [2.75, 3.05) is 17.2 Å². The molecule has 0 atom stereocenters. The Kier molecular flexibility index (Phi) is 5.56. The van der Waals surface area contributed by atoms with Crippen molar-refractivity contribution in [3.8, 4) is 0 Å². The Balaban J connectivity index is 2.26. The molecule has 0 amide bonds. The Morgan fingerprint density at radius 3 is 2.76 bits per heavy atom. The zero-order chi connectivity index (χ0) is 15.2. The van der Waals surface area contributed by atoms with Crippen LogP contribution in [-0.2, 0) is 6.42 Å². The molecule has 0 spiro atoms. The average molecular weight is 349 g/mol. The van der Waals surface area contributed by atoms with E-state index in [1.165, 1.54) is 5.56 Å². The van der Waals surface area contributed by atoms with E-state index in [9.17, 15) is 0 Å². The summed E-state index contributed by atoms with van der Waals surface area (Å²) in [5, 5.41) is 6.64. The molecular weight excluding hydrogens is 328 g/mol. The maximum atomic E-state index is 4.56. The SMILES string of the molecule is CCCNc1ncc(C)c(Nc2ccc(Br)cc2CC)n1. The number of nitrogens with one attached hydrogen (secondary N) is 2. The first-order valence-corrected chi connectivity index (χ1v) is 8.06. The lowest BCUT2D eigenvalue weighted by Crippen LogP contribution is -2.07. The lowest BCUT2D eigenvalue weighted by Gasteiger charge is -2.13. The van der Waals surface area contributed by atoms with E-state index in [1.807, 2.05) is 19.2 Å². The van der Waals surface area contributed by atoms with Gasteiger partial charge in [-0.1, -0.05) is 29.8 Å². The third kappa shape index (κ3) is 4.17. The van der Waals surface area contributed by atoms with Gasteiger partial charge >= 0.3 is 0 Å². The van der Waals surface area contributed by atoms with Crippen molar-refractivity contribution in [1.82, 2.24) is 9.97 Å². The van der Waals surface area contributed by atoms with Gasteiger partial charge in [0.05, 0.1) is 0 Å². The van der Waals surface area contributed by atoms with Gasteiger partial charge in [0.25, 0.3) is 0 Å². The summed E-state index contributed by atoms with van der Waals surface area (Å²) >= 11 is 3.51. The predicted octanol–water partition coefficient (Wildman–Crippen LogP) is 4.68. The number of halogens is 1. The summed E-state index contributed by atoms with van der Waals surface area (Å²) < 4.78 is 1.09. The lowest BCUT2D eigenvalue weighted by atomic mass is 10.1. The van der Waals surface area contributed by atoms with Crippen molar-refractivity contribution in [2.45, 2.75) is 33.6 Å². The first kappa shape index (κ1) is 15.8. The molecule has 0 fully saturated rings. The molecule has 2 aromatic rings. The number of benzene rings is 1. The number of aryl methyl sites for hydroxylation is 2. The fraction of sp³-hybridized carbons (Fsp3) is 0.375. The Bertz CT molecular complexity index is 613. The van der Waals surface area contributed by atoms with Crippen LogP contribution < -0.4 is 10.6 Å². The number of hydrogen-bond acceptors (Lipinski definition) is 4. The van der Waals surface area contributed by atoms with Crippen LogP contribution in [0.25, 0.3) is 0 Å². The third-order valence-corrected chi connectivity index (χ3v) is 3.70. The van der Waals surface area contributed by atoms with Gasteiger partial charge < -0.3 is 10.6 Å². The van der Waals surface area contributed by atoms with Crippen LogP contribution in [0.1, 0.15) is 31.4 Å². The van der Waals surface area contributed by atoms with Crippen molar-refractivity contribution in [3.63, 3.8) is 0 Å². The molecular formula is C16H21BrN4. The molecule has 0 aliphatic heterocycles. The maximum Gasteiger partial charge on any atom is 0.224 e. The van der Waals surface area contributed by atoms with E-state index in [0.717, 1.165) is 40.9 Å². The second kappa shape index (κ2) is 7.41. The van der Waals surface area contributed by atoms with E-state index in [0.29, 0.717) is 5.95 Å². The van der Waals surface area contributed by atoms with Crippen LogP contribution in [0, 0.1) is 6.92 Å². The monoisotopic (exact) mass is 348 g/mol. The molecule has 0 aliphatic carbocycles. The van der Waals surface area contributed by atoms with Crippen LogP contribution >= 0.6 is 15.9 Å². The third-order valence-electron chi connectivity index (χ3n) is 3.21. The first-order chi connectivity index (χ1) is 10.1. The molecule has 0 unspecified atom stereocenters. The molecule has 21 heavy (non-hydrogen) atoms. The molecule has 112 valence electrons. The Labute approximate surface area is 134 Å². The van der Waals surface area contributed by atoms with E-state index < -0.39 is 0 Å². The average Bonchev–Trinajstić information content (AvgIpc) is 2.49. The van der Waals surface area contributed by atoms with Crippen LogP contribution in [-0.4, -0.2) is 16.5 Å². The molecule has 4 nitrogen and oxygen atoms in total. The van der Waals surface area contributed by atoms with E-state index in [-0.39, 0.29) is 0 Å². The largest absolute Gasteiger partial charge is 0.354 e. The molecule has 2 rings (SSSR count). The summed E-state index contributed by atoms with van der Waals surface area (Å²) in [5.74, 6) is 1.51. The summed E-state index contributed by atoms with van der Waals surface area (Å²) in [6.07, 6.45) is 3.86. The Hall–Kier alpha value is -1.62. The number of hydrogen-bond donors (Lipinski definition) is 2. The van der Waals surface area contributed by atoms with Gasteiger partial charge in [-0.3, -0.25) is 0 Å². The van der Waals surface area contributed by atoms with Crippen LogP contribution in [0.15, 0.2) is 28.9 Å². The molecule has 1 aromatic heterocycles. The minimum atomic E-state index is 0.667. The summed E-state index contributed by atoms with van der Waals surface area (Å²) in [5.41, 5.74) is 3.37. The minimum absolute atomic E-state index is 0.667. The molecule has 1 aromatic carbocycles. The van der Waals surface area contributed by atoms with Crippen molar-refractivity contribution in [3.05, 3.63) is 40.0 Å². The second-order valence-corrected chi connectivity index (χ2v) is 5.85. The Morgan fingerprint density at radius 1 is 1.24 bits per heavy atom. The second-order valence-electron chi connectivity index (χ2n) is 4.93. The highest BCUT2D eigenvalue weighted by Crippen LogP contribution is 2.25. The summed E-state index contributed by atoms with van der Waals surface area (Å²) in [6, 6.07) is 6.24. The van der Waals surface area contributed by atoms with Gasteiger partial charge in [0, 0.05) is 28.5 Å². The molecule has 0 aliphatic rings. The van der Waals surface area contributed by atoms with Gasteiger partial charge in [-0.15, -0.1) is 0 Å². The molecule has 0 saturated carbocycles. The molecule has 1 heterocycles. The van der Waals surface area contributed by atoms with Gasteiger partial charge in [-0.2, -0.15) is 4.98 Å². The number of rotatable bonds is 6. The van der Waals surface area contributed by atoms with Gasteiger partial charge in [-0.25, -0.2) is 4.98 Å². The van der Waals surface area contributed by atoms with Crippen LogP contribution in [0.5, 0.6) is 0 Å². The van der Waals surface area contributed by atoms with Crippen molar-refractivity contribution in [1.29, 1.82) is 0 Å². The minimum Gasteiger partial charge on any atom is -0.354 e. The normalized spacial score (nSPS) is 10.5. The van der Waals surface area contributed by atoms with Gasteiger partial charge in [0.2, 0.25) is 5.95 Å². The molecule has 5 heteroatoms. The molecule has 0 saturated heterocycles. The van der Waals surface area contributed by atoms with Gasteiger partial charge in [-0.05, 0) is 43.5 Å². The molecule has 0 radical (unpaired) electrons. The highest BCUT2D eigenvalue weighted by Gasteiger charge is 2.07. The number of anilines is 3. The number of aromatic nitrogens is 2. The first-order valence-electron chi connectivity index (χ1n) is 7.27. The van der Waals surface area contributed by atoms with Crippen molar-refractivity contribution >= 4 is 33.4 Å². The van der Waals surface area contributed by atoms with Crippen molar-refractivity contribution in [2.24, 2.45) is 0 Å². The van der Waals surface area contributed by atoms with Crippen LogP contribution in [0.3, 0.4) is 0 Å². The maximum absolute atomic E-state index is 4.56.